The molecule has 0 bridgehead atoms. The van der Waals surface area contributed by atoms with E-state index in [0.29, 0.717) is 17.2 Å². The topological polar surface area (TPSA) is 58.6 Å². The zero-order chi connectivity index (χ0) is 14.5. The Morgan fingerprint density at radius 2 is 1.95 bits per heavy atom. The zero-order valence-corrected chi connectivity index (χ0v) is 11.1. The highest BCUT2D eigenvalue weighted by Crippen LogP contribution is 2.31. The summed E-state index contributed by atoms with van der Waals surface area (Å²) < 4.78 is 5.70. The number of benzene rings is 2. The molecule has 102 valence electrons. The molecule has 0 aliphatic carbocycles. The van der Waals surface area contributed by atoms with Crippen LogP contribution in [0.5, 0.6) is 17.2 Å². The van der Waals surface area contributed by atoms with E-state index in [2.05, 4.69) is 11.9 Å². The van der Waals surface area contributed by atoms with Gasteiger partial charge in [-0.1, -0.05) is 12.6 Å². The average Bonchev–Trinajstić information content (AvgIpc) is 2.44. The van der Waals surface area contributed by atoms with Gasteiger partial charge in [-0.05, 0) is 55.0 Å². The Bertz CT molecular complexity index is 633. The number of hydrogen-bond donors (Lipinski definition) is 2. The Kier molecular flexibility index (Phi) is 4.05. The summed E-state index contributed by atoms with van der Waals surface area (Å²) in [5, 5.41) is 11.9. The molecule has 2 rings (SSSR count). The Hall–Kier alpha value is -2.75. The van der Waals surface area contributed by atoms with Gasteiger partial charge in [0.25, 0.3) is 0 Å². The predicted molar refractivity (Wildman–Crippen MR) is 78.2 cm³/mol. The fraction of sp³-hybridized carbons (Fsp3) is 0.0625. The molecule has 0 heterocycles. The van der Waals surface area contributed by atoms with E-state index in [4.69, 9.17) is 4.74 Å². The van der Waals surface area contributed by atoms with Crippen LogP contribution in [0.2, 0.25) is 0 Å². The summed E-state index contributed by atoms with van der Waals surface area (Å²) in [6, 6.07) is 11.8. The summed E-state index contributed by atoms with van der Waals surface area (Å²) in [6.07, 6.45) is 1.20. The van der Waals surface area contributed by atoms with Gasteiger partial charge in [0.1, 0.15) is 11.5 Å². The molecule has 0 aliphatic heterocycles. The molecule has 0 spiro atoms. The van der Waals surface area contributed by atoms with E-state index in [1.54, 1.807) is 18.2 Å². The molecule has 0 atom stereocenters. The van der Waals surface area contributed by atoms with E-state index in [1.807, 2.05) is 19.1 Å². The third kappa shape index (κ3) is 3.38. The lowest BCUT2D eigenvalue weighted by Gasteiger charge is -2.12. The van der Waals surface area contributed by atoms with Crippen LogP contribution < -0.4 is 10.1 Å². The molecular formula is C16H15NO3. The Morgan fingerprint density at radius 1 is 1.25 bits per heavy atom. The van der Waals surface area contributed by atoms with Crippen LogP contribution in [-0.4, -0.2) is 11.0 Å². The molecule has 1 amide bonds. The minimum Gasteiger partial charge on any atom is -0.508 e. The van der Waals surface area contributed by atoms with Crippen molar-refractivity contribution in [3.05, 3.63) is 60.7 Å². The fourth-order valence-corrected chi connectivity index (χ4v) is 1.66. The van der Waals surface area contributed by atoms with Gasteiger partial charge in [0.2, 0.25) is 5.91 Å². The highest BCUT2D eigenvalue weighted by atomic mass is 16.5. The fourth-order valence-electron chi connectivity index (χ4n) is 1.66. The van der Waals surface area contributed by atoms with Gasteiger partial charge < -0.3 is 15.2 Å². The molecule has 0 saturated heterocycles. The first-order valence-electron chi connectivity index (χ1n) is 6.09. The van der Waals surface area contributed by atoms with Gasteiger partial charge in [-0.2, -0.15) is 0 Å². The highest BCUT2D eigenvalue weighted by molar-refractivity contribution is 6.00. The maximum atomic E-state index is 11.4. The second kappa shape index (κ2) is 5.93. The minimum absolute atomic E-state index is 0.168. The van der Waals surface area contributed by atoms with Crippen molar-refractivity contribution in [2.75, 3.05) is 5.32 Å². The summed E-state index contributed by atoms with van der Waals surface area (Å²) in [7, 11) is 0. The van der Waals surface area contributed by atoms with Crippen LogP contribution in [0.15, 0.2) is 55.1 Å². The summed E-state index contributed by atoms with van der Waals surface area (Å²) in [4.78, 5) is 11.4. The van der Waals surface area contributed by atoms with Crippen molar-refractivity contribution in [3.8, 4) is 17.2 Å². The second-order valence-corrected chi connectivity index (χ2v) is 4.29. The van der Waals surface area contributed by atoms with Gasteiger partial charge in [-0.3, -0.25) is 4.79 Å². The van der Waals surface area contributed by atoms with Crippen molar-refractivity contribution in [2.45, 2.75) is 6.92 Å². The molecule has 20 heavy (non-hydrogen) atoms. The number of carbonyl (C=O) groups excluding carboxylic acids is 1. The molecule has 0 fully saturated rings. The van der Waals surface area contributed by atoms with E-state index >= 15 is 0 Å². The number of amides is 1. The molecule has 0 aliphatic rings. The Morgan fingerprint density at radius 3 is 2.60 bits per heavy atom. The van der Waals surface area contributed by atoms with Gasteiger partial charge in [0, 0.05) is 0 Å². The monoisotopic (exact) mass is 269 g/mol. The minimum atomic E-state index is -0.300. The molecular weight excluding hydrogens is 254 g/mol. The molecule has 0 radical (unpaired) electrons. The summed E-state index contributed by atoms with van der Waals surface area (Å²) in [6.45, 7) is 5.35. The van der Waals surface area contributed by atoms with E-state index in [-0.39, 0.29) is 11.7 Å². The highest BCUT2D eigenvalue weighted by Gasteiger charge is 2.07. The molecule has 4 heteroatoms. The standard InChI is InChI=1S/C16H15NO3/c1-3-16(19)17-14-10-11(2)4-9-15(14)20-13-7-5-12(18)6-8-13/h3-10,18H,1H2,2H3,(H,17,19). The van der Waals surface area contributed by atoms with Crippen molar-refractivity contribution in [1.82, 2.24) is 0 Å². The van der Waals surface area contributed by atoms with E-state index in [9.17, 15) is 9.90 Å². The third-order valence-electron chi connectivity index (χ3n) is 2.64. The molecule has 2 aromatic rings. The van der Waals surface area contributed by atoms with Crippen LogP contribution >= 0.6 is 0 Å². The van der Waals surface area contributed by atoms with E-state index in [0.717, 1.165) is 5.56 Å². The number of phenols is 1. The first-order chi connectivity index (χ1) is 9.58. The maximum absolute atomic E-state index is 11.4. The summed E-state index contributed by atoms with van der Waals surface area (Å²) in [5.74, 6) is 0.963. The van der Waals surface area contributed by atoms with E-state index < -0.39 is 0 Å². The largest absolute Gasteiger partial charge is 0.508 e. The maximum Gasteiger partial charge on any atom is 0.247 e. The number of anilines is 1. The number of ether oxygens (including phenoxy) is 1. The first-order valence-corrected chi connectivity index (χ1v) is 6.09. The zero-order valence-electron chi connectivity index (χ0n) is 11.1. The Labute approximate surface area is 117 Å². The predicted octanol–water partition coefficient (Wildman–Crippen LogP) is 3.62. The molecule has 0 unspecified atom stereocenters. The van der Waals surface area contributed by atoms with E-state index in [1.165, 1.54) is 18.2 Å². The number of rotatable bonds is 4. The first kappa shape index (κ1) is 13.7. The number of carbonyl (C=O) groups is 1. The van der Waals surface area contributed by atoms with Crippen LogP contribution in [0.4, 0.5) is 5.69 Å². The molecule has 0 saturated carbocycles. The molecule has 2 N–H and O–H groups in total. The Balaban J connectivity index is 2.28. The lowest BCUT2D eigenvalue weighted by Crippen LogP contribution is -2.08. The van der Waals surface area contributed by atoms with Crippen molar-refractivity contribution >= 4 is 11.6 Å². The number of aryl methyl sites for hydroxylation is 1. The number of nitrogens with one attached hydrogen (secondary N) is 1. The van der Waals surface area contributed by atoms with Gasteiger partial charge in [-0.15, -0.1) is 0 Å². The van der Waals surface area contributed by atoms with Gasteiger partial charge in [0.05, 0.1) is 5.69 Å². The number of aromatic hydroxyl groups is 1. The summed E-state index contributed by atoms with van der Waals surface area (Å²) in [5.41, 5.74) is 1.57. The normalized spacial score (nSPS) is 9.85. The van der Waals surface area contributed by atoms with Crippen LogP contribution in [0, 0.1) is 6.92 Å². The second-order valence-electron chi connectivity index (χ2n) is 4.29. The SMILES string of the molecule is C=CC(=O)Nc1cc(C)ccc1Oc1ccc(O)cc1. The van der Waals surface area contributed by atoms with Crippen LogP contribution in [0.1, 0.15) is 5.56 Å². The van der Waals surface area contributed by atoms with Crippen LogP contribution in [0.25, 0.3) is 0 Å². The molecule has 4 nitrogen and oxygen atoms in total. The quantitative estimate of drug-likeness (QED) is 0.833. The number of phenolic OH excluding ortho intramolecular Hbond substituents is 1. The van der Waals surface area contributed by atoms with Crippen LogP contribution in [0.3, 0.4) is 0 Å². The van der Waals surface area contributed by atoms with Gasteiger partial charge >= 0.3 is 0 Å². The third-order valence-corrected chi connectivity index (χ3v) is 2.64. The molecule has 0 aromatic heterocycles. The van der Waals surface area contributed by atoms with Crippen LogP contribution in [-0.2, 0) is 4.79 Å². The van der Waals surface area contributed by atoms with Gasteiger partial charge in [0.15, 0.2) is 5.75 Å². The van der Waals surface area contributed by atoms with Crippen molar-refractivity contribution in [2.24, 2.45) is 0 Å². The lowest BCUT2D eigenvalue weighted by molar-refractivity contribution is -0.111. The number of hydrogen-bond acceptors (Lipinski definition) is 3. The van der Waals surface area contributed by atoms with Crippen molar-refractivity contribution < 1.29 is 14.6 Å². The smallest absolute Gasteiger partial charge is 0.247 e. The molecule has 2 aromatic carbocycles. The van der Waals surface area contributed by atoms with Gasteiger partial charge in [-0.25, -0.2) is 0 Å². The average molecular weight is 269 g/mol. The van der Waals surface area contributed by atoms with Crippen molar-refractivity contribution in [3.63, 3.8) is 0 Å². The lowest BCUT2D eigenvalue weighted by atomic mass is 10.2. The summed E-state index contributed by atoms with van der Waals surface area (Å²) >= 11 is 0. The van der Waals surface area contributed by atoms with Crippen molar-refractivity contribution in [1.29, 1.82) is 0 Å².